The van der Waals surface area contributed by atoms with Gasteiger partial charge in [0.2, 0.25) is 5.91 Å². The van der Waals surface area contributed by atoms with Gasteiger partial charge in [-0.2, -0.15) is 0 Å². The summed E-state index contributed by atoms with van der Waals surface area (Å²) in [5.41, 5.74) is 8.29. The number of amides is 1. The van der Waals surface area contributed by atoms with E-state index in [2.05, 4.69) is 51.4 Å². The lowest BCUT2D eigenvalue weighted by Crippen LogP contribution is -2.29. The predicted molar refractivity (Wildman–Crippen MR) is 135 cm³/mol. The summed E-state index contributed by atoms with van der Waals surface area (Å²) in [6, 6.07) is 12.7. The first-order chi connectivity index (χ1) is 17.1. The number of aromatic amines is 1. The maximum Gasteiger partial charge on any atom is 0.225 e. The maximum atomic E-state index is 12.6. The van der Waals surface area contributed by atoms with Gasteiger partial charge < -0.3 is 14.3 Å². The largest absolute Gasteiger partial charge is 0.342 e. The van der Waals surface area contributed by atoms with Crippen LogP contribution in [0.25, 0.3) is 39.2 Å². The Morgan fingerprint density at radius 1 is 1.00 bits per heavy atom. The summed E-state index contributed by atoms with van der Waals surface area (Å²) < 4.78 is 2.01. The highest BCUT2D eigenvalue weighted by Crippen LogP contribution is 2.37. The summed E-state index contributed by atoms with van der Waals surface area (Å²) in [7, 11) is 0. The number of aryl methyl sites for hydroxylation is 1. The van der Waals surface area contributed by atoms with Crippen LogP contribution in [0.1, 0.15) is 36.4 Å². The molecule has 7 heteroatoms. The zero-order chi connectivity index (χ0) is 23.5. The highest BCUT2D eigenvalue weighted by molar-refractivity contribution is 5.85. The summed E-state index contributed by atoms with van der Waals surface area (Å²) in [4.78, 5) is 32.2. The van der Waals surface area contributed by atoms with Gasteiger partial charge in [0.25, 0.3) is 0 Å². The Kier molecular flexibility index (Phi) is 4.52. The molecule has 1 aromatic carbocycles. The van der Waals surface area contributed by atoms with Gasteiger partial charge in [-0.3, -0.25) is 9.78 Å². The molecular formula is C28H26N6O. The smallest absolute Gasteiger partial charge is 0.225 e. The standard InChI is InChI=1S/C28H26N6O/c1-17-25-26(23(15-30-17)22-9-12-34(16-22)28(35)20-6-7-20)32-27(31-25)19-4-2-18(3-5-19)21-8-11-33-13-10-29-24(33)14-21/h2-5,8,10-11,13-15,20,22H,6-7,9,12,16H2,1H3,(H,31,32). The molecule has 4 aromatic heterocycles. The third-order valence-corrected chi connectivity index (χ3v) is 7.49. The molecule has 1 atom stereocenters. The van der Waals surface area contributed by atoms with Gasteiger partial charge in [0.05, 0.1) is 16.7 Å². The van der Waals surface area contributed by atoms with E-state index in [1.165, 1.54) is 0 Å². The normalized spacial score (nSPS) is 18.1. The summed E-state index contributed by atoms with van der Waals surface area (Å²) in [6.45, 7) is 3.62. The lowest BCUT2D eigenvalue weighted by Gasteiger charge is -2.16. The van der Waals surface area contributed by atoms with E-state index in [0.717, 1.165) is 82.8 Å². The van der Waals surface area contributed by atoms with Crippen molar-refractivity contribution in [3.8, 4) is 22.5 Å². The predicted octanol–water partition coefficient (Wildman–Crippen LogP) is 4.97. The Labute approximate surface area is 202 Å². The monoisotopic (exact) mass is 462 g/mol. The van der Waals surface area contributed by atoms with Crippen molar-refractivity contribution in [1.29, 1.82) is 0 Å². The molecule has 1 amide bonds. The van der Waals surface area contributed by atoms with Crippen molar-refractivity contribution < 1.29 is 4.79 Å². The fourth-order valence-corrected chi connectivity index (χ4v) is 5.28. The highest BCUT2D eigenvalue weighted by atomic mass is 16.2. The Morgan fingerprint density at radius 3 is 2.66 bits per heavy atom. The third-order valence-electron chi connectivity index (χ3n) is 7.49. The number of benzene rings is 1. The van der Waals surface area contributed by atoms with Crippen LogP contribution < -0.4 is 0 Å². The van der Waals surface area contributed by atoms with Gasteiger partial charge in [0.15, 0.2) is 0 Å². The molecule has 5 aromatic rings. The molecule has 0 bridgehead atoms. The fourth-order valence-electron chi connectivity index (χ4n) is 5.28. The number of likely N-dealkylation sites (tertiary alicyclic amines) is 1. The number of carbonyl (C=O) groups is 1. The molecule has 35 heavy (non-hydrogen) atoms. The van der Waals surface area contributed by atoms with Crippen molar-refractivity contribution in [2.75, 3.05) is 13.1 Å². The van der Waals surface area contributed by atoms with Crippen LogP contribution in [-0.4, -0.2) is 48.2 Å². The molecule has 1 aliphatic carbocycles. The van der Waals surface area contributed by atoms with Crippen LogP contribution in [-0.2, 0) is 4.79 Å². The summed E-state index contributed by atoms with van der Waals surface area (Å²) >= 11 is 0. The zero-order valence-electron chi connectivity index (χ0n) is 19.6. The SMILES string of the molecule is Cc1ncc(C2CCN(C(=O)C3CC3)C2)c2nc(-c3ccc(-c4ccn5ccnc5c4)cc3)[nH]c12. The van der Waals surface area contributed by atoms with Crippen LogP contribution in [0.2, 0.25) is 0 Å². The van der Waals surface area contributed by atoms with Crippen molar-refractivity contribution in [1.82, 2.24) is 29.2 Å². The van der Waals surface area contributed by atoms with Gasteiger partial charge in [-0.15, -0.1) is 0 Å². The van der Waals surface area contributed by atoms with Gasteiger partial charge in [-0.05, 0) is 49.4 Å². The Morgan fingerprint density at radius 2 is 1.83 bits per heavy atom. The molecule has 0 radical (unpaired) electrons. The van der Waals surface area contributed by atoms with Crippen molar-refractivity contribution in [2.45, 2.75) is 32.1 Å². The van der Waals surface area contributed by atoms with Crippen molar-refractivity contribution in [3.05, 3.63) is 72.4 Å². The molecule has 2 fully saturated rings. The molecule has 1 saturated carbocycles. The van der Waals surface area contributed by atoms with Gasteiger partial charge in [0.1, 0.15) is 11.5 Å². The van der Waals surface area contributed by atoms with E-state index in [4.69, 9.17) is 4.98 Å². The summed E-state index contributed by atoms with van der Waals surface area (Å²) in [6.07, 6.45) is 10.8. The Bertz CT molecular complexity index is 1580. The van der Waals surface area contributed by atoms with Crippen LogP contribution in [0.5, 0.6) is 0 Å². The third kappa shape index (κ3) is 3.50. The van der Waals surface area contributed by atoms with Crippen LogP contribution in [0, 0.1) is 12.8 Å². The molecule has 1 unspecified atom stereocenters. The number of pyridine rings is 2. The zero-order valence-corrected chi connectivity index (χ0v) is 19.6. The number of imidazole rings is 2. The number of H-pyrrole nitrogens is 1. The molecule has 7 rings (SSSR count). The summed E-state index contributed by atoms with van der Waals surface area (Å²) in [5.74, 6) is 1.73. The molecule has 2 aliphatic rings. The van der Waals surface area contributed by atoms with E-state index in [0.29, 0.717) is 5.91 Å². The topological polar surface area (TPSA) is 79.2 Å². The van der Waals surface area contributed by atoms with E-state index in [1.807, 2.05) is 41.0 Å². The van der Waals surface area contributed by atoms with Gasteiger partial charge in [-0.25, -0.2) is 9.97 Å². The lowest BCUT2D eigenvalue weighted by molar-refractivity contribution is -0.131. The minimum Gasteiger partial charge on any atom is -0.342 e. The van der Waals surface area contributed by atoms with Gasteiger partial charge in [0, 0.05) is 60.8 Å². The minimum atomic E-state index is 0.270. The lowest BCUT2D eigenvalue weighted by atomic mass is 9.98. The average molecular weight is 463 g/mol. The molecule has 0 spiro atoms. The number of hydrogen-bond acceptors (Lipinski definition) is 4. The van der Waals surface area contributed by atoms with E-state index in [-0.39, 0.29) is 11.8 Å². The maximum absolute atomic E-state index is 12.6. The van der Waals surface area contributed by atoms with E-state index >= 15 is 0 Å². The molecule has 174 valence electrons. The van der Waals surface area contributed by atoms with Crippen LogP contribution in [0.15, 0.2) is 61.2 Å². The quantitative estimate of drug-likeness (QED) is 0.409. The number of aromatic nitrogens is 5. The second kappa shape index (κ2) is 7.77. The first kappa shape index (κ1) is 20.4. The number of nitrogens with zero attached hydrogens (tertiary/aromatic N) is 5. The van der Waals surface area contributed by atoms with Gasteiger partial charge in [-0.1, -0.05) is 24.3 Å². The molecular weight excluding hydrogens is 436 g/mol. The second-order valence-corrected chi connectivity index (χ2v) is 9.84. The average Bonchev–Trinajstić information content (AvgIpc) is 3.25. The number of nitrogens with one attached hydrogen (secondary N) is 1. The first-order valence-corrected chi connectivity index (χ1v) is 12.3. The van der Waals surface area contributed by atoms with Crippen LogP contribution in [0.3, 0.4) is 0 Å². The Hall–Kier alpha value is -4.00. The highest BCUT2D eigenvalue weighted by Gasteiger charge is 2.37. The van der Waals surface area contributed by atoms with Crippen molar-refractivity contribution >= 4 is 22.6 Å². The summed E-state index contributed by atoms with van der Waals surface area (Å²) in [5, 5.41) is 0. The molecule has 5 heterocycles. The van der Waals surface area contributed by atoms with E-state index < -0.39 is 0 Å². The number of rotatable bonds is 4. The van der Waals surface area contributed by atoms with E-state index in [1.54, 1.807) is 0 Å². The van der Waals surface area contributed by atoms with Crippen molar-refractivity contribution in [3.63, 3.8) is 0 Å². The first-order valence-electron chi connectivity index (χ1n) is 12.3. The molecule has 1 aliphatic heterocycles. The van der Waals surface area contributed by atoms with Gasteiger partial charge >= 0.3 is 0 Å². The fraction of sp³-hybridized carbons (Fsp3) is 0.286. The number of carbonyl (C=O) groups excluding carboxylic acids is 1. The number of fused-ring (bicyclic) bond motifs is 2. The molecule has 7 nitrogen and oxygen atoms in total. The van der Waals surface area contributed by atoms with Crippen LogP contribution >= 0.6 is 0 Å². The molecule has 1 saturated heterocycles. The minimum absolute atomic E-state index is 0.270. The number of hydrogen-bond donors (Lipinski definition) is 1. The van der Waals surface area contributed by atoms with Crippen LogP contribution in [0.4, 0.5) is 0 Å². The van der Waals surface area contributed by atoms with E-state index in [9.17, 15) is 4.79 Å². The van der Waals surface area contributed by atoms with Crippen molar-refractivity contribution in [2.24, 2.45) is 5.92 Å². The Balaban J connectivity index is 1.20. The second-order valence-electron chi connectivity index (χ2n) is 9.84. The molecule has 1 N–H and O–H groups in total.